The summed E-state index contributed by atoms with van der Waals surface area (Å²) in [5, 5.41) is 13.2. The summed E-state index contributed by atoms with van der Waals surface area (Å²) in [6.07, 6.45) is 4.84. The van der Waals surface area contributed by atoms with Gasteiger partial charge in [0.2, 0.25) is 0 Å². The summed E-state index contributed by atoms with van der Waals surface area (Å²) < 4.78 is 26.1. The van der Waals surface area contributed by atoms with E-state index >= 15 is 0 Å². The molecule has 0 saturated heterocycles. The first kappa shape index (κ1) is 13.8. The van der Waals surface area contributed by atoms with E-state index in [-0.39, 0.29) is 5.25 Å². The first-order chi connectivity index (χ1) is 9.60. The molecule has 0 heterocycles. The van der Waals surface area contributed by atoms with Crippen LogP contribution in [0.4, 0.5) is 8.78 Å². The van der Waals surface area contributed by atoms with Crippen LogP contribution in [0, 0.1) is 23.0 Å². The molecule has 2 saturated carbocycles. The Morgan fingerprint density at radius 1 is 1.25 bits per heavy atom. The molecule has 0 bridgehead atoms. The van der Waals surface area contributed by atoms with Crippen LogP contribution < -0.4 is 5.32 Å². The van der Waals surface area contributed by atoms with Gasteiger partial charge in [-0.15, -0.1) is 11.8 Å². The van der Waals surface area contributed by atoms with E-state index in [4.69, 9.17) is 0 Å². The van der Waals surface area contributed by atoms with E-state index in [0.717, 1.165) is 43.1 Å². The average molecular weight is 294 g/mol. The van der Waals surface area contributed by atoms with Crippen LogP contribution in [0.15, 0.2) is 23.1 Å². The fourth-order valence-corrected chi connectivity index (χ4v) is 4.03. The molecule has 2 aliphatic carbocycles. The first-order valence-electron chi connectivity index (χ1n) is 6.91. The van der Waals surface area contributed by atoms with Crippen molar-refractivity contribution in [2.45, 2.75) is 53.8 Å². The van der Waals surface area contributed by atoms with Gasteiger partial charge in [-0.3, -0.25) is 5.32 Å². The van der Waals surface area contributed by atoms with E-state index in [2.05, 4.69) is 11.4 Å². The molecule has 1 aromatic rings. The van der Waals surface area contributed by atoms with Crippen LogP contribution in [0.1, 0.15) is 32.1 Å². The number of hydrogen-bond acceptors (Lipinski definition) is 3. The quantitative estimate of drug-likeness (QED) is 0.921. The fraction of sp³-hybridized carbons (Fsp3) is 0.533. The van der Waals surface area contributed by atoms with Gasteiger partial charge < -0.3 is 0 Å². The highest BCUT2D eigenvalue weighted by atomic mass is 32.2. The molecule has 2 aliphatic rings. The maximum atomic E-state index is 13.2. The van der Waals surface area contributed by atoms with E-state index in [1.54, 1.807) is 17.8 Å². The predicted octanol–water partition coefficient (Wildman–Crippen LogP) is 3.62. The highest BCUT2D eigenvalue weighted by Gasteiger charge is 2.43. The van der Waals surface area contributed by atoms with Crippen LogP contribution in [0.3, 0.4) is 0 Å². The zero-order chi connectivity index (χ0) is 14.2. The third-order valence-electron chi connectivity index (χ3n) is 3.93. The summed E-state index contributed by atoms with van der Waals surface area (Å²) >= 11 is 1.54. The second-order valence-electron chi connectivity index (χ2n) is 5.67. The van der Waals surface area contributed by atoms with Crippen LogP contribution in [-0.2, 0) is 0 Å². The average Bonchev–Trinajstić information content (AvgIpc) is 3.15. The lowest BCUT2D eigenvalue weighted by Gasteiger charge is -2.22. The van der Waals surface area contributed by atoms with Crippen LogP contribution in [-0.4, -0.2) is 16.8 Å². The van der Waals surface area contributed by atoms with Crippen LogP contribution in [0.2, 0.25) is 0 Å². The third kappa shape index (κ3) is 2.97. The zero-order valence-electron chi connectivity index (χ0n) is 11.0. The summed E-state index contributed by atoms with van der Waals surface area (Å²) in [4.78, 5) is 0.731. The van der Waals surface area contributed by atoms with Crippen molar-refractivity contribution in [2.24, 2.45) is 0 Å². The van der Waals surface area contributed by atoms with Crippen LogP contribution in [0.25, 0.3) is 0 Å². The van der Waals surface area contributed by atoms with E-state index < -0.39 is 17.2 Å². The zero-order valence-corrected chi connectivity index (χ0v) is 11.9. The molecule has 1 aromatic carbocycles. The maximum Gasteiger partial charge on any atom is 0.159 e. The number of rotatable bonds is 4. The molecule has 0 aliphatic heterocycles. The topological polar surface area (TPSA) is 35.8 Å². The first-order valence-corrected chi connectivity index (χ1v) is 7.79. The SMILES string of the molecule is N#CC1(NC2CC2)CCC(Sc2ccc(F)c(F)c2)C1. The summed E-state index contributed by atoms with van der Waals surface area (Å²) in [6, 6.07) is 6.93. The molecule has 20 heavy (non-hydrogen) atoms. The third-order valence-corrected chi connectivity index (χ3v) is 5.20. The van der Waals surface area contributed by atoms with Gasteiger partial charge in [0.1, 0.15) is 5.54 Å². The number of thioether (sulfide) groups is 1. The van der Waals surface area contributed by atoms with Gasteiger partial charge in [-0.1, -0.05) is 0 Å². The van der Waals surface area contributed by atoms with Crippen LogP contribution >= 0.6 is 11.8 Å². The van der Waals surface area contributed by atoms with Gasteiger partial charge in [0.25, 0.3) is 0 Å². The molecule has 3 rings (SSSR count). The molecule has 1 N–H and O–H groups in total. The monoisotopic (exact) mass is 294 g/mol. The molecular formula is C15H16F2N2S. The number of hydrogen-bond donors (Lipinski definition) is 1. The van der Waals surface area contributed by atoms with Crippen molar-refractivity contribution in [2.75, 3.05) is 0 Å². The van der Waals surface area contributed by atoms with Gasteiger partial charge >= 0.3 is 0 Å². The van der Waals surface area contributed by atoms with Crippen molar-refractivity contribution in [3.63, 3.8) is 0 Å². The smallest absolute Gasteiger partial charge is 0.159 e. The lowest BCUT2D eigenvalue weighted by Crippen LogP contribution is -2.43. The van der Waals surface area contributed by atoms with Crippen molar-refractivity contribution in [1.29, 1.82) is 5.26 Å². The van der Waals surface area contributed by atoms with E-state index in [9.17, 15) is 14.0 Å². The summed E-state index contributed by atoms with van der Waals surface area (Å²) in [6.45, 7) is 0. The minimum Gasteiger partial charge on any atom is -0.297 e. The molecule has 0 aromatic heterocycles. The number of nitrogens with zero attached hydrogens (tertiary/aromatic N) is 1. The molecule has 2 atom stereocenters. The molecule has 2 nitrogen and oxygen atoms in total. The van der Waals surface area contributed by atoms with Crippen molar-refractivity contribution in [3.8, 4) is 6.07 Å². The Hall–Kier alpha value is -1.12. The Morgan fingerprint density at radius 3 is 2.70 bits per heavy atom. The van der Waals surface area contributed by atoms with Crippen molar-refractivity contribution in [1.82, 2.24) is 5.32 Å². The van der Waals surface area contributed by atoms with Gasteiger partial charge in [0.05, 0.1) is 6.07 Å². The summed E-state index contributed by atoms with van der Waals surface area (Å²) in [5.74, 6) is -1.63. The molecule has 0 spiro atoms. The van der Waals surface area contributed by atoms with Gasteiger partial charge in [-0.2, -0.15) is 5.26 Å². The Labute approximate surface area is 121 Å². The normalized spacial score (nSPS) is 29.4. The molecule has 2 fully saturated rings. The standard InChI is InChI=1S/C15H16F2N2S/c16-13-4-3-11(7-14(13)17)20-12-5-6-15(8-12,9-18)19-10-1-2-10/h3-4,7,10,12,19H,1-2,5-6,8H2. The minimum absolute atomic E-state index is 0.283. The van der Waals surface area contributed by atoms with Gasteiger partial charge in [-0.25, -0.2) is 8.78 Å². The second kappa shape index (κ2) is 5.34. The van der Waals surface area contributed by atoms with E-state index in [1.807, 2.05) is 0 Å². The van der Waals surface area contributed by atoms with Crippen molar-refractivity contribution in [3.05, 3.63) is 29.8 Å². The van der Waals surface area contributed by atoms with E-state index in [1.165, 1.54) is 6.07 Å². The Morgan fingerprint density at radius 2 is 2.05 bits per heavy atom. The maximum absolute atomic E-state index is 13.2. The Bertz CT molecular complexity index is 553. The Kier molecular flexibility index (Phi) is 3.70. The highest BCUT2D eigenvalue weighted by molar-refractivity contribution is 8.00. The lowest BCUT2D eigenvalue weighted by molar-refractivity contribution is 0.420. The van der Waals surface area contributed by atoms with Crippen molar-refractivity contribution < 1.29 is 8.78 Å². The summed E-state index contributed by atoms with van der Waals surface area (Å²) in [7, 11) is 0. The van der Waals surface area contributed by atoms with Crippen molar-refractivity contribution >= 4 is 11.8 Å². The molecule has 2 unspecified atom stereocenters. The number of nitrogens with one attached hydrogen (secondary N) is 1. The van der Waals surface area contributed by atoms with Gasteiger partial charge in [0.15, 0.2) is 11.6 Å². The molecule has 0 radical (unpaired) electrons. The number of nitriles is 1. The Balaban J connectivity index is 1.64. The molecule has 0 amide bonds. The molecule has 5 heteroatoms. The largest absolute Gasteiger partial charge is 0.297 e. The molecular weight excluding hydrogens is 278 g/mol. The lowest BCUT2D eigenvalue weighted by atomic mass is 10.00. The number of halogens is 2. The fourth-order valence-electron chi connectivity index (χ4n) is 2.73. The summed E-state index contributed by atoms with van der Waals surface area (Å²) in [5.41, 5.74) is -0.419. The van der Waals surface area contributed by atoms with Gasteiger partial charge in [0, 0.05) is 16.2 Å². The number of benzene rings is 1. The van der Waals surface area contributed by atoms with E-state index in [0.29, 0.717) is 6.04 Å². The predicted molar refractivity (Wildman–Crippen MR) is 74.4 cm³/mol. The molecule has 106 valence electrons. The second-order valence-corrected chi connectivity index (χ2v) is 7.04. The van der Waals surface area contributed by atoms with Gasteiger partial charge in [-0.05, 0) is 50.3 Å². The highest BCUT2D eigenvalue weighted by Crippen LogP contribution is 2.41. The minimum atomic E-state index is -0.817. The van der Waals surface area contributed by atoms with Crippen LogP contribution in [0.5, 0.6) is 0 Å².